The highest BCUT2D eigenvalue weighted by Crippen LogP contribution is 2.27. The number of hydrogen-bond acceptors (Lipinski definition) is 3. The number of alkyl halides is 3. The summed E-state index contributed by atoms with van der Waals surface area (Å²) in [5.41, 5.74) is -0.320. The minimum Gasteiger partial charge on any atom is -0.383 e. The molecule has 0 heterocycles. The minimum absolute atomic E-state index is 0.0875. The third-order valence-corrected chi connectivity index (χ3v) is 3.10. The van der Waals surface area contributed by atoms with Crippen LogP contribution >= 0.6 is 0 Å². The Morgan fingerprint density at radius 3 is 2.22 bits per heavy atom. The molecule has 0 aromatic heterocycles. The van der Waals surface area contributed by atoms with Gasteiger partial charge in [-0.1, -0.05) is 20.8 Å². The van der Waals surface area contributed by atoms with Gasteiger partial charge in [-0.3, -0.25) is 0 Å². The van der Waals surface area contributed by atoms with E-state index >= 15 is 0 Å². The highest BCUT2D eigenvalue weighted by atomic mass is 19.4. The lowest BCUT2D eigenvalue weighted by atomic mass is 9.80. The largest absolute Gasteiger partial charge is 0.411 e. The molecule has 1 N–H and O–H groups in total. The zero-order valence-electron chi connectivity index (χ0n) is 11.6. The lowest BCUT2D eigenvalue weighted by Gasteiger charge is -2.34. The van der Waals surface area contributed by atoms with Crippen LogP contribution in [0.1, 0.15) is 20.8 Å². The Morgan fingerprint density at radius 1 is 1.17 bits per heavy atom. The summed E-state index contributed by atoms with van der Waals surface area (Å²) in [6.45, 7) is 6.65. The van der Waals surface area contributed by atoms with Crippen molar-refractivity contribution < 1.29 is 22.6 Å². The third kappa shape index (κ3) is 7.89. The van der Waals surface area contributed by atoms with Crippen LogP contribution in [0.4, 0.5) is 13.2 Å². The monoisotopic (exact) mass is 271 g/mol. The first kappa shape index (κ1) is 17.7. The van der Waals surface area contributed by atoms with Crippen molar-refractivity contribution in [2.75, 3.05) is 40.0 Å². The van der Waals surface area contributed by atoms with Crippen molar-refractivity contribution in [1.82, 2.24) is 5.32 Å². The molecular weight excluding hydrogens is 247 g/mol. The molecule has 0 aliphatic rings. The lowest BCUT2D eigenvalue weighted by Crippen LogP contribution is -2.41. The highest BCUT2D eigenvalue weighted by molar-refractivity contribution is 4.80. The van der Waals surface area contributed by atoms with Crippen molar-refractivity contribution >= 4 is 0 Å². The average molecular weight is 271 g/mol. The summed E-state index contributed by atoms with van der Waals surface area (Å²) < 4.78 is 45.8. The van der Waals surface area contributed by atoms with E-state index in [9.17, 15) is 13.2 Å². The number of hydrogen-bond donors (Lipinski definition) is 1. The van der Waals surface area contributed by atoms with E-state index in [-0.39, 0.29) is 17.9 Å². The topological polar surface area (TPSA) is 30.5 Å². The molecule has 1 unspecified atom stereocenters. The number of nitrogens with one attached hydrogen (secondary N) is 1. The van der Waals surface area contributed by atoms with Gasteiger partial charge in [0.1, 0.15) is 6.61 Å². The molecule has 6 heteroatoms. The van der Waals surface area contributed by atoms with Gasteiger partial charge in [0.15, 0.2) is 0 Å². The number of rotatable bonds is 9. The van der Waals surface area contributed by atoms with Crippen LogP contribution in [0.25, 0.3) is 0 Å². The fraction of sp³-hybridized carbons (Fsp3) is 1.00. The molecule has 3 nitrogen and oxygen atoms in total. The fourth-order valence-electron chi connectivity index (χ4n) is 1.37. The van der Waals surface area contributed by atoms with E-state index in [2.05, 4.69) is 5.32 Å². The van der Waals surface area contributed by atoms with Gasteiger partial charge in [-0.15, -0.1) is 0 Å². The highest BCUT2D eigenvalue weighted by Gasteiger charge is 2.32. The first-order valence-electron chi connectivity index (χ1n) is 6.05. The van der Waals surface area contributed by atoms with Gasteiger partial charge in [0, 0.05) is 25.6 Å². The van der Waals surface area contributed by atoms with Crippen molar-refractivity contribution in [3.8, 4) is 0 Å². The second kappa shape index (κ2) is 7.96. The molecule has 0 rings (SSSR count). The van der Waals surface area contributed by atoms with E-state index in [1.54, 1.807) is 7.11 Å². The van der Waals surface area contributed by atoms with Gasteiger partial charge in [0.25, 0.3) is 0 Å². The third-order valence-electron chi connectivity index (χ3n) is 3.10. The second-order valence-electron chi connectivity index (χ2n) is 5.09. The predicted octanol–water partition coefficient (Wildman–Crippen LogP) is 2.46. The predicted molar refractivity (Wildman–Crippen MR) is 64.6 cm³/mol. The quantitative estimate of drug-likeness (QED) is 0.653. The van der Waals surface area contributed by atoms with Crippen molar-refractivity contribution in [1.29, 1.82) is 0 Å². The number of methoxy groups -OCH3 is 1. The summed E-state index contributed by atoms with van der Waals surface area (Å²) in [4.78, 5) is 0. The van der Waals surface area contributed by atoms with Crippen LogP contribution in [-0.2, 0) is 9.47 Å². The Kier molecular flexibility index (Phi) is 7.82. The summed E-state index contributed by atoms with van der Waals surface area (Å²) >= 11 is 0. The molecule has 110 valence electrons. The van der Waals surface area contributed by atoms with E-state index in [1.165, 1.54) is 0 Å². The summed E-state index contributed by atoms with van der Waals surface area (Å²) in [6, 6.07) is 0. The van der Waals surface area contributed by atoms with Crippen LogP contribution in [0.3, 0.4) is 0 Å². The van der Waals surface area contributed by atoms with Gasteiger partial charge in [0.2, 0.25) is 0 Å². The summed E-state index contributed by atoms with van der Waals surface area (Å²) in [7, 11) is 1.61. The van der Waals surface area contributed by atoms with Crippen molar-refractivity contribution in [3.05, 3.63) is 0 Å². The van der Waals surface area contributed by atoms with Gasteiger partial charge in [0.05, 0.1) is 13.2 Å². The van der Waals surface area contributed by atoms with Crippen LogP contribution in [0.2, 0.25) is 0 Å². The molecule has 0 aromatic carbocycles. The first-order chi connectivity index (χ1) is 8.21. The van der Waals surface area contributed by atoms with Crippen LogP contribution in [0, 0.1) is 11.3 Å². The van der Waals surface area contributed by atoms with Gasteiger partial charge >= 0.3 is 6.18 Å². The smallest absolute Gasteiger partial charge is 0.383 e. The molecule has 0 aliphatic carbocycles. The zero-order chi connectivity index (χ0) is 14.2. The first-order valence-corrected chi connectivity index (χ1v) is 6.05. The number of halogens is 3. The Morgan fingerprint density at radius 2 is 1.78 bits per heavy atom. The molecule has 0 amide bonds. The average Bonchev–Trinajstić information content (AvgIpc) is 2.22. The van der Waals surface area contributed by atoms with Gasteiger partial charge in [-0.25, -0.2) is 0 Å². The van der Waals surface area contributed by atoms with E-state index in [0.29, 0.717) is 19.7 Å². The Labute approximate surface area is 107 Å². The maximum Gasteiger partial charge on any atom is 0.411 e. The van der Waals surface area contributed by atoms with Crippen molar-refractivity contribution in [3.63, 3.8) is 0 Å². The Balaban J connectivity index is 4.09. The molecule has 0 aliphatic heterocycles. The molecule has 0 fully saturated rings. The Bertz CT molecular complexity index is 222. The van der Waals surface area contributed by atoms with Gasteiger partial charge in [-0.05, 0) is 5.92 Å². The Hall–Kier alpha value is -0.330. The van der Waals surface area contributed by atoms with Crippen molar-refractivity contribution in [2.24, 2.45) is 11.3 Å². The van der Waals surface area contributed by atoms with Crippen molar-refractivity contribution in [2.45, 2.75) is 26.9 Å². The molecule has 0 radical (unpaired) electrons. The molecular formula is C12H24F3NO2. The van der Waals surface area contributed by atoms with E-state index in [4.69, 9.17) is 9.47 Å². The fourth-order valence-corrected chi connectivity index (χ4v) is 1.37. The summed E-state index contributed by atoms with van der Waals surface area (Å²) in [5.74, 6) is 0.223. The van der Waals surface area contributed by atoms with Crippen LogP contribution in [0.15, 0.2) is 0 Å². The lowest BCUT2D eigenvalue weighted by molar-refractivity contribution is -0.181. The van der Waals surface area contributed by atoms with Gasteiger partial charge < -0.3 is 14.8 Å². The molecule has 0 spiro atoms. The molecule has 0 aromatic rings. The van der Waals surface area contributed by atoms with Crippen LogP contribution in [0.5, 0.6) is 0 Å². The zero-order valence-corrected chi connectivity index (χ0v) is 11.6. The van der Waals surface area contributed by atoms with Crippen LogP contribution < -0.4 is 5.32 Å². The number of ether oxygens (including phenoxy) is 2. The summed E-state index contributed by atoms with van der Waals surface area (Å²) in [6.07, 6.45) is -4.26. The standard InChI is InChI=1S/C12H24F3NO2/c1-10(2)11(3,7-16-5-6-17-4)8-18-9-12(13,14)15/h10,16H,5-9H2,1-4H3. The maximum absolute atomic E-state index is 12.0. The van der Waals surface area contributed by atoms with E-state index in [0.717, 1.165) is 0 Å². The van der Waals surface area contributed by atoms with Crippen LogP contribution in [-0.4, -0.2) is 46.2 Å². The molecule has 1 atom stereocenters. The molecule has 0 bridgehead atoms. The normalized spacial score (nSPS) is 16.0. The minimum atomic E-state index is -4.26. The second-order valence-corrected chi connectivity index (χ2v) is 5.09. The van der Waals surface area contributed by atoms with Gasteiger partial charge in [-0.2, -0.15) is 13.2 Å². The van der Waals surface area contributed by atoms with E-state index < -0.39 is 12.8 Å². The SMILES string of the molecule is COCCNCC(C)(COCC(F)(F)F)C(C)C. The maximum atomic E-state index is 12.0. The molecule has 0 saturated heterocycles. The molecule has 0 saturated carbocycles. The van der Waals surface area contributed by atoms with E-state index in [1.807, 2.05) is 20.8 Å². The molecule has 18 heavy (non-hydrogen) atoms. The summed E-state index contributed by atoms with van der Waals surface area (Å²) in [5, 5.41) is 3.17.